The normalized spacial score (nSPS) is 10.7. The third-order valence-corrected chi connectivity index (χ3v) is 3.01. The molecule has 0 unspecified atom stereocenters. The summed E-state index contributed by atoms with van der Waals surface area (Å²) in [6, 6.07) is 8.58. The molecule has 0 radical (unpaired) electrons. The highest BCUT2D eigenvalue weighted by molar-refractivity contribution is 6.04. The zero-order chi connectivity index (χ0) is 15.0. The lowest BCUT2D eigenvalue weighted by Gasteiger charge is -2.05. The van der Waals surface area contributed by atoms with Crippen molar-refractivity contribution in [2.24, 2.45) is 0 Å². The molecule has 7 heteroatoms. The number of carboxylic acid groups (broad SMARTS) is 1. The molecule has 1 N–H and O–H groups in total. The van der Waals surface area contributed by atoms with E-state index in [0.29, 0.717) is 17.0 Å². The Morgan fingerprint density at radius 3 is 2.71 bits per heavy atom. The van der Waals surface area contributed by atoms with Crippen molar-refractivity contribution < 1.29 is 19.2 Å². The van der Waals surface area contributed by atoms with Gasteiger partial charge in [-0.15, -0.1) is 0 Å². The summed E-state index contributed by atoms with van der Waals surface area (Å²) in [4.78, 5) is 25.9. The van der Waals surface area contributed by atoms with Crippen molar-refractivity contribution in [2.45, 2.75) is 0 Å². The Morgan fingerprint density at radius 1 is 1.29 bits per heavy atom. The summed E-state index contributed by atoms with van der Waals surface area (Å²) in [5.74, 6) is -0.756. The van der Waals surface area contributed by atoms with Crippen molar-refractivity contribution in [1.29, 1.82) is 0 Å². The Balaban J connectivity index is 2.31. The molecule has 0 aliphatic heterocycles. The number of nitro benzene ring substituents is 1. The number of aromatic carboxylic acids is 1. The van der Waals surface area contributed by atoms with E-state index in [4.69, 9.17) is 4.42 Å². The zero-order valence-electron chi connectivity index (χ0n) is 10.5. The van der Waals surface area contributed by atoms with Crippen LogP contribution in [0.3, 0.4) is 0 Å². The van der Waals surface area contributed by atoms with Gasteiger partial charge in [0.1, 0.15) is 5.69 Å². The summed E-state index contributed by atoms with van der Waals surface area (Å²) >= 11 is 0. The highest BCUT2D eigenvalue weighted by Crippen LogP contribution is 2.27. The second-order valence-corrected chi connectivity index (χ2v) is 4.30. The van der Waals surface area contributed by atoms with Crippen LogP contribution in [0.1, 0.15) is 10.4 Å². The van der Waals surface area contributed by atoms with Crippen LogP contribution >= 0.6 is 0 Å². The van der Waals surface area contributed by atoms with E-state index in [0.717, 1.165) is 0 Å². The number of hydrogen-bond acceptors (Lipinski definition) is 5. The number of benzene rings is 1. The number of rotatable bonds is 3. The third-order valence-electron chi connectivity index (χ3n) is 3.01. The molecule has 2 heterocycles. The molecule has 0 aliphatic rings. The third kappa shape index (κ3) is 2.20. The maximum Gasteiger partial charge on any atom is 0.336 e. The first-order chi connectivity index (χ1) is 10.1. The number of non-ortho nitro benzene ring substituents is 1. The monoisotopic (exact) mass is 284 g/mol. The van der Waals surface area contributed by atoms with Crippen LogP contribution in [0.15, 0.2) is 47.1 Å². The molecule has 1 aromatic carbocycles. The molecule has 0 amide bonds. The number of fused-ring (bicyclic) bond motifs is 1. The van der Waals surface area contributed by atoms with Crippen molar-refractivity contribution >= 4 is 22.6 Å². The molecule has 2 aromatic heterocycles. The Hall–Kier alpha value is -3.22. The van der Waals surface area contributed by atoms with Crippen LogP contribution in [-0.2, 0) is 0 Å². The molecule has 0 fully saturated rings. The SMILES string of the molecule is O=C(O)c1cc(-c2ccco2)nc2ccc([N+](=O)[O-])cc12. The Morgan fingerprint density at radius 2 is 2.10 bits per heavy atom. The molecule has 3 aromatic rings. The fraction of sp³-hybridized carbons (Fsp3) is 0. The van der Waals surface area contributed by atoms with E-state index in [1.807, 2.05) is 0 Å². The molecule has 104 valence electrons. The van der Waals surface area contributed by atoms with Gasteiger partial charge in [0, 0.05) is 17.5 Å². The van der Waals surface area contributed by atoms with Crippen molar-refractivity contribution in [3.05, 3.63) is 58.3 Å². The average Bonchev–Trinajstić information content (AvgIpc) is 2.99. The van der Waals surface area contributed by atoms with Crippen LogP contribution in [0.5, 0.6) is 0 Å². The van der Waals surface area contributed by atoms with Gasteiger partial charge in [0.25, 0.3) is 5.69 Å². The minimum absolute atomic E-state index is 0.0601. The molecular formula is C14H8N2O5. The number of aromatic nitrogens is 1. The first-order valence-electron chi connectivity index (χ1n) is 5.92. The summed E-state index contributed by atoms with van der Waals surface area (Å²) < 4.78 is 5.20. The van der Waals surface area contributed by atoms with Gasteiger partial charge in [-0.1, -0.05) is 0 Å². The molecule has 21 heavy (non-hydrogen) atoms. The molecular weight excluding hydrogens is 276 g/mol. The minimum Gasteiger partial charge on any atom is -0.478 e. The molecule has 7 nitrogen and oxygen atoms in total. The van der Waals surface area contributed by atoms with Crippen LogP contribution < -0.4 is 0 Å². The molecule has 0 spiro atoms. The number of nitrogens with zero attached hydrogens (tertiary/aromatic N) is 2. The molecule has 0 atom stereocenters. The van der Waals surface area contributed by atoms with E-state index in [1.165, 1.54) is 30.5 Å². The smallest absolute Gasteiger partial charge is 0.336 e. The number of carbonyl (C=O) groups is 1. The molecule has 0 bridgehead atoms. The van der Waals surface area contributed by atoms with Crippen LogP contribution in [0.2, 0.25) is 0 Å². The van der Waals surface area contributed by atoms with Crippen molar-refractivity contribution in [3.8, 4) is 11.5 Å². The summed E-state index contributed by atoms with van der Waals surface area (Å²) in [5, 5.41) is 20.3. The molecule has 3 rings (SSSR count). The van der Waals surface area contributed by atoms with Crippen LogP contribution in [-0.4, -0.2) is 21.0 Å². The summed E-state index contributed by atoms with van der Waals surface area (Å²) in [5.41, 5.74) is 0.471. The van der Waals surface area contributed by atoms with E-state index in [1.54, 1.807) is 12.1 Å². The lowest BCUT2D eigenvalue weighted by atomic mass is 10.1. The van der Waals surface area contributed by atoms with Gasteiger partial charge in [0.2, 0.25) is 0 Å². The van der Waals surface area contributed by atoms with Crippen LogP contribution in [0.4, 0.5) is 5.69 Å². The summed E-state index contributed by atoms with van der Waals surface area (Å²) in [7, 11) is 0. The number of carboxylic acids is 1. The molecule has 0 saturated carbocycles. The predicted molar refractivity (Wildman–Crippen MR) is 73.1 cm³/mol. The van der Waals surface area contributed by atoms with Crippen LogP contribution in [0, 0.1) is 10.1 Å². The highest BCUT2D eigenvalue weighted by Gasteiger charge is 2.17. The number of furan rings is 1. The second kappa shape index (κ2) is 4.71. The summed E-state index contributed by atoms with van der Waals surface area (Å²) in [6.07, 6.45) is 1.46. The van der Waals surface area contributed by atoms with E-state index >= 15 is 0 Å². The van der Waals surface area contributed by atoms with E-state index < -0.39 is 10.9 Å². The fourth-order valence-corrected chi connectivity index (χ4v) is 2.05. The Labute approximate surface area is 117 Å². The van der Waals surface area contributed by atoms with Gasteiger partial charge in [0.05, 0.1) is 22.3 Å². The summed E-state index contributed by atoms with van der Waals surface area (Å²) in [6.45, 7) is 0. The topological polar surface area (TPSA) is 106 Å². The van der Waals surface area contributed by atoms with Crippen molar-refractivity contribution in [3.63, 3.8) is 0 Å². The predicted octanol–water partition coefficient (Wildman–Crippen LogP) is 3.10. The van der Waals surface area contributed by atoms with E-state index in [9.17, 15) is 20.0 Å². The van der Waals surface area contributed by atoms with Gasteiger partial charge < -0.3 is 9.52 Å². The number of nitro groups is 1. The van der Waals surface area contributed by atoms with Gasteiger partial charge in [-0.25, -0.2) is 9.78 Å². The minimum atomic E-state index is -1.18. The van der Waals surface area contributed by atoms with Gasteiger partial charge in [-0.05, 0) is 24.3 Å². The maximum absolute atomic E-state index is 11.4. The molecule has 0 aliphatic carbocycles. The fourth-order valence-electron chi connectivity index (χ4n) is 2.05. The first kappa shape index (κ1) is 12.8. The zero-order valence-corrected chi connectivity index (χ0v) is 10.5. The van der Waals surface area contributed by atoms with Gasteiger partial charge >= 0.3 is 5.97 Å². The van der Waals surface area contributed by atoms with Crippen molar-refractivity contribution in [2.75, 3.05) is 0 Å². The average molecular weight is 284 g/mol. The quantitative estimate of drug-likeness (QED) is 0.585. The van der Waals surface area contributed by atoms with E-state index in [2.05, 4.69) is 4.98 Å². The van der Waals surface area contributed by atoms with Crippen LogP contribution in [0.25, 0.3) is 22.4 Å². The lowest BCUT2D eigenvalue weighted by molar-refractivity contribution is -0.384. The van der Waals surface area contributed by atoms with Gasteiger partial charge in [-0.3, -0.25) is 10.1 Å². The Kier molecular flexibility index (Phi) is 2.87. The largest absolute Gasteiger partial charge is 0.478 e. The van der Waals surface area contributed by atoms with Gasteiger partial charge in [-0.2, -0.15) is 0 Å². The lowest BCUT2D eigenvalue weighted by Crippen LogP contribution is -2.01. The van der Waals surface area contributed by atoms with Gasteiger partial charge in [0.15, 0.2) is 5.76 Å². The second-order valence-electron chi connectivity index (χ2n) is 4.30. The van der Waals surface area contributed by atoms with E-state index in [-0.39, 0.29) is 16.6 Å². The Bertz CT molecular complexity index is 855. The van der Waals surface area contributed by atoms with Crippen molar-refractivity contribution in [1.82, 2.24) is 4.98 Å². The number of pyridine rings is 1. The number of hydrogen-bond donors (Lipinski definition) is 1. The maximum atomic E-state index is 11.4. The highest BCUT2D eigenvalue weighted by atomic mass is 16.6. The molecule has 0 saturated heterocycles. The first-order valence-corrected chi connectivity index (χ1v) is 5.92. The standard InChI is InChI=1S/C14H8N2O5/c17-14(18)10-7-12(13-2-1-5-21-13)15-11-4-3-8(16(19)20)6-9(10)11/h1-7H,(H,17,18).